The molecule has 0 heterocycles. The number of benzene rings is 1. The normalized spacial score (nSPS) is 12.6. The van der Waals surface area contributed by atoms with E-state index in [-0.39, 0.29) is 17.1 Å². The van der Waals surface area contributed by atoms with Gasteiger partial charge in [-0.15, -0.1) is 0 Å². The highest BCUT2D eigenvalue weighted by Crippen LogP contribution is 2.22. The standard InChI is InChI=1S/C10H12BrF3N2O3S/c11-7-1-2-8(15)9(5-7)20(17,18)16-3-4-19-6-10(12,13)14/h1-2,5,16H,3-4,6,15H2. The molecule has 5 nitrogen and oxygen atoms in total. The predicted molar refractivity (Wildman–Crippen MR) is 70.6 cm³/mol. The number of hydrogen-bond acceptors (Lipinski definition) is 4. The van der Waals surface area contributed by atoms with Gasteiger partial charge in [0.1, 0.15) is 11.5 Å². The molecule has 0 aromatic heterocycles. The zero-order valence-corrected chi connectivity index (χ0v) is 12.5. The average Bonchev–Trinajstić information content (AvgIpc) is 2.30. The Morgan fingerprint density at radius 3 is 2.60 bits per heavy atom. The van der Waals surface area contributed by atoms with Gasteiger partial charge in [0, 0.05) is 11.0 Å². The fourth-order valence-electron chi connectivity index (χ4n) is 1.25. The Labute approximate surface area is 122 Å². The van der Waals surface area contributed by atoms with Crippen molar-refractivity contribution in [1.29, 1.82) is 0 Å². The molecule has 0 saturated heterocycles. The van der Waals surface area contributed by atoms with E-state index in [1.807, 2.05) is 0 Å². The van der Waals surface area contributed by atoms with Gasteiger partial charge in [-0.25, -0.2) is 13.1 Å². The molecule has 1 aromatic carbocycles. The van der Waals surface area contributed by atoms with Crippen molar-refractivity contribution in [3.8, 4) is 0 Å². The second-order valence-electron chi connectivity index (χ2n) is 3.75. The molecular formula is C10H12BrF3N2O3S. The van der Waals surface area contributed by atoms with Crippen LogP contribution in [0, 0.1) is 0 Å². The summed E-state index contributed by atoms with van der Waals surface area (Å²) >= 11 is 3.11. The summed E-state index contributed by atoms with van der Waals surface area (Å²) in [6.45, 7) is -2.11. The number of ether oxygens (including phenoxy) is 1. The number of nitrogens with one attached hydrogen (secondary N) is 1. The van der Waals surface area contributed by atoms with Crippen LogP contribution in [0.3, 0.4) is 0 Å². The number of hydrogen-bond donors (Lipinski definition) is 2. The average molecular weight is 377 g/mol. The van der Waals surface area contributed by atoms with Gasteiger partial charge in [-0.2, -0.15) is 13.2 Å². The summed E-state index contributed by atoms with van der Waals surface area (Å²) in [5.41, 5.74) is 5.58. The molecule has 0 saturated carbocycles. The number of sulfonamides is 1. The van der Waals surface area contributed by atoms with Gasteiger partial charge in [-0.05, 0) is 18.2 Å². The van der Waals surface area contributed by atoms with E-state index in [2.05, 4.69) is 25.4 Å². The molecule has 1 aromatic rings. The second-order valence-corrected chi connectivity index (χ2v) is 6.40. The molecule has 20 heavy (non-hydrogen) atoms. The third-order valence-electron chi connectivity index (χ3n) is 2.07. The highest BCUT2D eigenvalue weighted by atomic mass is 79.9. The molecule has 0 aliphatic rings. The third kappa shape index (κ3) is 5.65. The summed E-state index contributed by atoms with van der Waals surface area (Å²) in [6, 6.07) is 4.27. The topological polar surface area (TPSA) is 81.4 Å². The fourth-order valence-corrected chi connectivity index (χ4v) is 2.94. The molecule has 0 radical (unpaired) electrons. The molecule has 0 spiro atoms. The Morgan fingerprint density at radius 2 is 2.00 bits per heavy atom. The molecule has 0 amide bonds. The summed E-state index contributed by atoms with van der Waals surface area (Å²) < 4.78 is 66.0. The summed E-state index contributed by atoms with van der Waals surface area (Å²) in [5, 5.41) is 0. The summed E-state index contributed by atoms with van der Waals surface area (Å²) in [7, 11) is -3.90. The first-order valence-electron chi connectivity index (χ1n) is 5.31. The van der Waals surface area contributed by atoms with Crippen LogP contribution in [0.15, 0.2) is 27.6 Å². The van der Waals surface area contributed by atoms with Crippen LogP contribution in [0.25, 0.3) is 0 Å². The van der Waals surface area contributed by atoms with E-state index in [1.54, 1.807) is 6.07 Å². The molecule has 0 fully saturated rings. The molecule has 0 aliphatic carbocycles. The van der Waals surface area contributed by atoms with Gasteiger partial charge < -0.3 is 10.5 Å². The zero-order chi connectivity index (χ0) is 15.4. The van der Waals surface area contributed by atoms with Crippen LogP contribution in [0.4, 0.5) is 18.9 Å². The van der Waals surface area contributed by atoms with Crippen molar-refractivity contribution in [3.05, 3.63) is 22.7 Å². The van der Waals surface area contributed by atoms with Gasteiger partial charge in [0.15, 0.2) is 0 Å². The number of nitrogens with two attached hydrogens (primary N) is 1. The first-order valence-corrected chi connectivity index (χ1v) is 7.58. The molecular weight excluding hydrogens is 365 g/mol. The van der Waals surface area contributed by atoms with Crippen molar-refractivity contribution in [2.24, 2.45) is 0 Å². The molecule has 114 valence electrons. The molecule has 0 aliphatic heterocycles. The maximum Gasteiger partial charge on any atom is 0.411 e. The Hall–Kier alpha value is -0.840. The van der Waals surface area contributed by atoms with Crippen molar-refractivity contribution in [2.75, 3.05) is 25.5 Å². The number of nitrogen functional groups attached to an aromatic ring is 1. The van der Waals surface area contributed by atoms with Gasteiger partial charge in [-0.3, -0.25) is 0 Å². The van der Waals surface area contributed by atoms with Crippen LogP contribution in [0.2, 0.25) is 0 Å². The maximum absolute atomic E-state index is 11.9. The van der Waals surface area contributed by atoms with Crippen LogP contribution < -0.4 is 10.5 Å². The van der Waals surface area contributed by atoms with E-state index < -0.39 is 29.4 Å². The Balaban J connectivity index is 2.56. The number of halogens is 4. The molecule has 3 N–H and O–H groups in total. The van der Waals surface area contributed by atoms with Gasteiger partial charge in [0.25, 0.3) is 0 Å². The Kier molecular flexibility index (Phi) is 5.80. The van der Waals surface area contributed by atoms with Crippen molar-refractivity contribution in [3.63, 3.8) is 0 Å². The second kappa shape index (κ2) is 6.74. The Bertz CT molecular complexity index is 563. The van der Waals surface area contributed by atoms with E-state index in [1.165, 1.54) is 12.1 Å². The molecule has 0 unspecified atom stereocenters. The lowest BCUT2D eigenvalue weighted by Crippen LogP contribution is -2.29. The third-order valence-corrected chi connectivity index (χ3v) is 4.08. The zero-order valence-electron chi connectivity index (χ0n) is 10.1. The van der Waals surface area contributed by atoms with E-state index in [0.29, 0.717) is 4.47 Å². The van der Waals surface area contributed by atoms with Gasteiger partial charge in [0.2, 0.25) is 10.0 Å². The van der Waals surface area contributed by atoms with Crippen LogP contribution in [-0.2, 0) is 14.8 Å². The summed E-state index contributed by atoms with van der Waals surface area (Å²) in [6.07, 6.45) is -4.44. The van der Waals surface area contributed by atoms with Crippen molar-refractivity contribution in [1.82, 2.24) is 4.72 Å². The van der Waals surface area contributed by atoms with Crippen molar-refractivity contribution < 1.29 is 26.3 Å². The van der Waals surface area contributed by atoms with Crippen LogP contribution >= 0.6 is 15.9 Å². The first kappa shape index (κ1) is 17.2. The van der Waals surface area contributed by atoms with E-state index >= 15 is 0 Å². The van der Waals surface area contributed by atoms with E-state index in [9.17, 15) is 21.6 Å². The lowest BCUT2D eigenvalue weighted by Gasteiger charge is -2.10. The quantitative estimate of drug-likeness (QED) is 0.586. The molecule has 10 heteroatoms. The minimum Gasteiger partial charge on any atom is -0.398 e. The molecule has 0 bridgehead atoms. The minimum absolute atomic E-state index is 0.0388. The lowest BCUT2D eigenvalue weighted by atomic mass is 10.3. The van der Waals surface area contributed by atoms with Gasteiger partial charge in [0.05, 0.1) is 12.3 Å². The van der Waals surface area contributed by atoms with E-state index in [0.717, 1.165) is 0 Å². The SMILES string of the molecule is Nc1ccc(Br)cc1S(=O)(=O)NCCOCC(F)(F)F. The van der Waals surface area contributed by atoms with Gasteiger partial charge in [-0.1, -0.05) is 15.9 Å². The Morgan fingerprint density at radius 1 is 1.35 bits per heavy atom. The highest BCUT2D eigenvalue weighted by Gasteiger charge is 2.27. The van der Waals surface area contributed by atoms with Crippen LogP contribution in [0.5, 0.6) is 0 Å². The van der Waals surface area contributed by atoms with Crippen molar-refractivity contribution in [2.45, 2.75) is 11.1 Å². The first-order chi connectivity index (χ1) is 9.12. The smallest absolute Gasteiger partial charge is 0.398 e. The van der Waals surface area contributed by atoms with Crippen LogP contribution in [-0.4, -0.2) is 34.4 Å². The lowest BCUT2D eigenvalue weighted by molar-refractivity contribution is -0.173. The van der Waals surface area contributed by atoms with Gasteiger partial charge >= 0.3 is 6.18 Å². The summed E-state index contributed by atoms with van der Waals surface area (Å²) in [4.78, 5) is -0.150. The van der Waals surface area contributed by atoms with Crippen molar-refractivity contribution >= 4 is 31.6 Å². The fraction of sp³-hybridized carbons (Fsp3) is 0.400. The molecule has 1 rings (SSSR count). The number of alkyl halides is 3. The highest BCUT2D eigenvalue weighted by molar-refractivity contribution is 9.10. The number of anilines is 1. The van der Waals surface area contributed by atoms with Crippen LogP contribution in [0.1, 0.15) is 0 Å². The molecule has 0 atom stereocenters. The van der Waals surface area contributed by atoms with E-state index in [4.69, 9.17) is 5.73 Å². The largest absolute Gasteiger partial charge is 0.411 e. The summed E-state index contributed by atoms with van der Waals surface area (Å²) in [5.74, 6) is 0. The minimum atomic E-state index is -4.44. The maximum atomic E-state index is 11.9. The predicted octanol–water partition coefficient (Wildman–Crippen LogP) is 1.89. The monoisotopic (exact) mass is 376 g/mol. The number of rotatable bonds is 6.